The minimum Gasteiger partial charge on any atom is -0.481 e. The average molecular weight is 268 g/mol. The highest BCUT2D eigenvalue weighted by atomic mass is 79.9. The van der Waals surface area contributed by atoms with E-state index < -0.39 is 5.97 Å². The molecule has 0 aliphatic carbocycles. The molecule has 0 aromatic heterocycles. The molecule has 0 amide bonds. The van der Waals surface area contributed by atoms with Crippen LogP contribution in [0.2, 0.25) is 0 Å². The molecular weight excluding hydrogens is 262 g/mol. The van der Waals surface area contributed by atoms with Crippen LogP contribution in [0, 0.1) is 11.3 Å². The number of benzene rings is 1. The van der Waals surface area contributed by atoms with Crippen LogP contribution in [0.1, 0.15) is 21.5 Å². The third-order valence-electron chi connectivity index (χ3n) is 1.81. The summed E-state index contributed by atoms with van der Waals surface area (Å²) in [5, 5.41) is 17.4. The number of carboxylic acid groups (broad SMARTS) is 1. The van der Waals surface area contributed by atoms with E-state index in [9.17, 15) is 9.59 Å². The maximum absolute atomic E-state index is 10.6. The lowest BCUT2D eigenvalue weighted by molar-refractivity contribution is -0.136. The van der Waals surface area contributed by atoms with Gasteiger partial charge in [-0.2, -0.15) is 5.26 Å². The molecule has 0 saturated heterocycles. The van der Waals surface area contributed by atoms with Crippen molar-refractivity contribution in [2.45, 2.75) is 6.42 Å². The van der Waals surface area contributed by atoms with Crippen molar-refractivity contribution in [1.29, 1.82) is 5.26 Å². The summed E-state index contributed by atoms with van der Waals surface area (Å²) >= 11 is 3.13. The van der Waals surface area contributed by atoms with E-state index in [1.165, 1.54) is 12.1 Å². The number of halogens is 1. The van der Waals surface area contributed by atoms with Crippen LogP contribution in [-0.4, -0.2) is 17.4 Å². The van der Waals surface area contributed by atoms with Crippen LogP contribution < -0.4 is 0 Å². The molecule has 4 nitrogen and oxygen atoms in total. The van der Waals surface area contributed by atoms with Gasteiger partial charge in [0.2, 0.25) is 0 Å². The molecule has 1 rings (SSSR count). The van der Waals surface area contributed by atoms with Gasteiger partial charge in [-0.15, -0.1) is 0 Å². The molecular formula is C10H6BrNO3. The Bertz CT molecular complexity index is 462. The molecule has 1 N–H and O–H groups in total. The van der Waals surface area contributed by atoms with Crippen molar-refractivity contribution in [3.8, 4) is 6.07 Å². The Hall–Kier alpha value is -1.67. The topological polar surface area (TPSA) is 78.2 Å². The molecule has 5 heteroatoms. The van der Waals surface area contributed by atoms with E-state index in [1.54, 1.807) is 0 Å². The Balaban J connectivity index is 3.28. The van der Waals surface area contributed by atoms with Gasteiger partial charge in [0.1, 0.15) is 0 Å². The second-order valence-corrected chi connectivity index (χ2v) is 3.69. The van der Waals surface area contributed by atoms with Gasteiger partial charge < -0.3 is 5.11 Å². The molecule has 0 fully saturated rings. The Morgan fingerprint density at radius 3 is 2.73 bits per heavy atom. The van der Waals surface area contributed by atoms with Crippen molar-refractivity contribution in [3.63, 3.8) is 0 Å². The van der Waals surface area contributed by atoms with Crippen LogP contribution in [0.3, 0.4) is 0 Å². The maximum atomic E-state index is 10.6. The smallest absolute Gasteiger partial charge is 0.307 e. The fraction of sp³-hybridized carbons (Fsp3) is 0.100. The zero-order chi connectivity index (χ0) is 11.4. The molecule has 0 unspecified atom stereocenters. The molecule has 1 aromatic carbocycles. The summed E-state index contributed by atoms with van der Waals surface area (Å²) in [5.41, 5.74) is 0.936. The molecule has 0 radical (unpaired) electrons. The fourth-order valence-electron chi connectivity index (χ4n) is 1.13. The van der Waals surface area contributed by atoms with Gasteiger partial charge in [-0.25, -0.2) is 0 Å². The third-order valence-corrected chi connectivity index (χ3v) is 2.50. The molecule has 15 heavy (non-hydrogen) atoms. The van der Waals surface area contributed by atoms with Crippen LogP contribution in [0.25, 0.3) is 0 Å². The number of carboxylic acids is 1. The third kappa shape index (κ3) is 2.64. The summed E-state index contributed by atoms with van der Waals surface area (Å²) in [6.45, 7) is 0. The van der Waals surface area contributed by atoms with Crippen molar-refractivity contribution in [3.05, 3.63) is 33.3 Å². The van der Waals surface area contributed by atoms with E-state index in [-0.39, 0.29) is 12.0 Å². The molecule has 0 atom stereocenters. The number of aliphatic carboxylic acids is 1. The lowest BCUT2D eigenvalue weighted by Gasteiger charge is -2.03. The first kappa shape index (κ1) is 11.4. The molecule has 0 bridgehead atoms. The highest BCUT2D eigenvalue weighted by molar-refractivity contribution is 9.10. The van der Waals surface area contributed by atoms with Crippen LogP contribution in [0.15, 0.2) is 16.6 Å². The largest absolute Gasteiger partial charge is 0.481 e. The summed E-state index contributed by atoms with van der Waals surface area (Å²) in [6.07, 6.45) is 0.371. The van der Waals surface area contributed by atoms with Crippen LogP contribution >= 0.6 is 15.9 Å². The normalized spacial score (nSPS) is 9.33. The molecule has 0 aliphatic rings. The van der Waals surface area contributed by atoms with Gasteiger partial charge in [0, 0.05) is 10.0 Å². The maximum Gasteiger partial charge on any atom is 0.307 e. The highest BCUT2D eigenvalue weighted by Crippen LogP contribution is 2.21. The molecule has 0 aliphatic heterocycles. The number of hydrogen-bond acceptors (Lipinski definition) is 3. The SMILES string of the molecule is N#Cc1cc(C=O)c(Br)cc1CC(=O)O. The van der Waals surface area contributed by atoms with E-state index in [0.717, 1.165) is 0 Å². The van der Waals surface area contributed by atoms with Gasteiger partial charge >= 0.3 is 5.97 Å². The molecule has 1 aromatic rings. The summed E-state index contributed by atoms with van der Waals surface area (Å²) in [5.74, 6) is -1.02. The number of carbonyl (C=O) groups is 2. The summed E-state index contributed by atoms with van der Waals surface area (Å²) in [6, 6.07) is 4.71. The van der Waals surface area contributed by atoms with Crippen molar-refractivity contribution >= 4 is 28.2 Å². The molecule has 0 saturated carbocycles. The average Bonchev–Trinajstić information content (AvgIpc) is 2.17. The first-order valence-corrected chi connectivity index (χ1v) is 4.77. The van der Waals surface area contributed by atoms with Crippen LogP contribution in [0.4, 0.5) is 0 Å². The Labute approximate surface area is 94.3 Å². The van der Waals surface area contributed by atoms with Gasteiger partial charge in [0.05, 0.1) is 18.1 Å². The number of hydrogen-bond donors (Lipinski definition) is 1. The number of aldehydes is 1. The van der Waals surface area contributed by atoms with Crippen molar-refractivity contribution in [2.24, 2.45) is 0 Å². The first-order chi connectivity index (χ1) is 7.08. The summed E-state index contributed by atoms with van der Waals surface area (Å²) in [7, 11) is 0. The lowest BCUT2D eigenvalue weighted by atomic mass is 10.0. The second kappa shape index (κ2) is 4.71. The molecule has 76 valence electrons. The quantitative estimate of drug-likeness (QED) is 0.847. The first-order valence-electron chi connectivity index (χ1n) is 3.98. The monoisotopic (exact) mass is 267 g/mol. The van der Waals surface area contributed by atoms with Gasteiger partial charge in [-0.3, -0.25) is 9.59 Å². The standard InChI is InChI=1S/C10H6BrNO3/c11-9-2-6(3-10(14)15)7(4-12)1-8(9)5-13/h1-2,5H,3H2,(H,14,15). The predicted molar refractivity (Wildman–Crippen MR) is 55.6 cm³/mol. The zero-order valence-corrected chi connectivity index (χ0v) is 9.11. The van der Waals surface area contributed by atoms with Crippen molar-refractivity contribution in [2.75, 3.05) is 0 Å². The highest BCUT2D eigenvalue weighted by Gasteiger charge is 2.10. The summed E-state index contributed by atoms with van der Waals surface area (Å²) in [4.78, 5) is 21.1. The zero-order valence-electron chi connectivity index (χ0n) is 7.53. The second-order valence-electron chi connectivity index (χ2n) is 2.83. The number of nitrogens with zero attached hydrogens (tertiary/aromatic N) is 1. The Morgan fingerprint density at radius 1 is 1.60 bits per heavy atom. The predicted octanol–water partition coefficient (Wildman–Crippen LogP) is 1.76. The lowest BCUT2D eigenvalue weighted by Crippen LogP contribution is -2.03. The number of rotatable bonds is 3. The summed E-state index contributed by atoms with van der Waals surface area (Å²) < 4.78 is 0.493. The minimum absolute atomic E-state index is 0.211. The number of nitriles is 1. The minimum atomic E-state index is -1.02. The van der Waals surface area contributed by atoms with E-state index in [1.807, 2.05) is 6.07 Å². The van der Waals surface area contributed by atoms with E-state index in [4.69, 9.17) is 10.4 Å². The van der Waals surface area contributed by atoms with E-state index in [2.05, 4.69) is 15.9 Å². The van der Waals surface area contributed by atoms with Gasteiger partial charge in [0.15, 0.2) is 6.29 Å². The van der Waals surface area contributed by atoms with Crippen molar-refractivity contribution in [1.82, 2.24) is 0 Å². The van der Waals surface area contributed by atoms with E-state index >= 15 is 0 Å². The van der Waals surface area contributed by atoms with Crippen LogP contribution in [-0.2, 0) is 11.2 Å². The van der Waals surface area contributed by atoms with Gasteiger partial charge in [0.25, 0.3) is 0 Å². The number of carbonyl (C=O) groups excluding carboxylic acids is 1. The molecule has 0 spiro atoms. The van der Waals surface area contributed by atoms with Crippen LogP contribution in [0.5, 0.6) is 0 Å². The van der Waals surface area contributed by atoms with Gasteiger partial charge in [-0.1, -0.05) is 15.9 Å². The Morgan fingerprint density at radius 2 is 2.27 bits per heavy atom. The fourth-order valence-corrected chi connectivity index (χ4v) is 1.62. The molecule has 0 heterocycles. The van der Waals surface area contributed by atoms with Gasteiger partial charge in [-0.05, 0) is 17.7 Å². The Kier molecular flexibility index (Phi) is 3.58. The van der Waals surface area contributed by atoms with Crippen molar-refractivity contribution < 1.29 is 14.7 Å². The van der Waals surface area contributed by atoms with E-state index in [0.29, 0.717) is 21.9 Å².